The van der Waals surface area contributed by atoms with Gasteiger partial charge in [-0.15, -0.1) is 0 Å². The van der Waals surface area contributed by atoms with E-state index in [2.05, 4.69) is 31.9 Å². The molecule has 2 aromatic rings. The van der Waals surface area contributed by atoms with Gasteiger partial charge in [-0.3, -0.25) is 0 Å². The number of carbonyl (C=O) groups is 1. The molecule has 0 saturated heterocycles. The van der Waals surface area contributed by atoms with E-state index in [9.17, 15) is 20.1 Å². The maximum Gasteiger partial charge on any atom is 0.336 e. The van der Waals surface area contributed by atoms with Gasteiger partial charge in [-0.1, -0.05) is 12.1 Å². The summed E-state index contributed by atoms with van der Waals surface area (Å²) < 4.78 is 0.787. The Kier molecular flexibility index (Phi) is 4.69. The van der Waals surface area contributed by atoms with E-state index in [1.54, 1.807) is 12.1 Å². The van der Waals surface area contributed by atoms with Crippen molar-refractivity contribution in [3.8, 4) is 11.5 Å². The van der Waals surface area contributed by atoms with Gasteiger partial charge in [-0.2, -0.15) is 0 Å². The quantitative estimate of drug-likeness (QED) is 0.519. The van der Waals surface area contributed by atoms with E-state index >= 15 is 0 Å². The number of hydrogen-bond donors (Lipinski definition) is 3. The molecule has 2 aromatic carbocycles. The first-order valence-electron chi connectivity index (χ1n) is 5.81. The number of hydrogen-bond acceptors (Lipinski definition) is 3. The van der Waals surface area contributed by atoms with Crippen LogP contribution in [0.2, 0.25) is 0 Å². The van der Waals surface area contributed by atoms with Gasteiger partial charge in [0.2, 0.25) is 0 Å². The molecule has 0 aliphatic heterocycles. The van der Waals surface area contributed by atoms with Crippen LogP contribution in [0.4, 0.5) is 0 Å². The van der Waals surface area contributed by atoms with Crippen LogP contribution in [0.1, 0.15) is 11.1 Å². The monoisotopic (exact) mass is 412 g/mol. The van der Waals surface area contributed by atoms with Crippen molar-refractivity contribution in [2.45, 2.75) is 0 Å². The molecule has 0 aromatic heterocycles. The average molecular weight is 414 g/mol. The third-order valence-corrected chi connectivity index (χ3v) is 3.97. The lowest BCUT2D eigenvalue weighted by Gasteiger charge is -2.07. The summed E-state index contributed by atoms with van der Waals surface area (Å²) in [6.45, 7) is 0. The van der Waals surface area contributed by atoms with Crippen molar-refractivity contribution in [1.82, 2.24) is 0 Å². The van der Waals surface area contributed by atoms with Crippen molar-refractivity contribution in [1.29, 1.82) is 0 Å². The van der Waals surface area contributed by atoms with Gasteiger partial charge in [0, 0.05) is 0 Å². The summed E-state index contributed by atoms with van der Waals surface area (Å²) in [5.41, 5.74) is 1.15. The number of carboxylic acids is 1. The molecule has 3 N–H and O–H groups in total. The Morgan fingerprint density at radius 1 is 1.00 bits per heavy atom. The van der Waals surface area contributed by atoms with Crippen molar-refractivity contribution in [3.63, 3.8) is 0 Å². The van der Waals surface area contributed by atoms with Crippen molar-refractivity contribution >= 4 is 49.5 Å². The van der Waals surface area contributed by atoms with Gasteiger partial charge >= 0.3 is 5.97 Å². The summed E-state index contributed by atoms with van der Waals surface area (Å²) >= 11 is 6.35. The summed E-state index contributed by atoms with van der Waals surface area (Å²) in [5, 5.41) is 28.3. The molecule has 0 saturated carbocycles. The van der Waals surface area contributed by atoms with E-state index in [4.69, 9.17) is 0 Å². The number of phenols is 2. The van der Waals surface area contributed by atoms with Gasteiger partial charge in [0.1, 0.15) is 11.5 Å². The number of phenolic OH excluding ortho intramolecular Hbond substituents is 2. The number of carboxylic acid groups (broad SMARTS) is 1. The zero-order valence-electron chi connectivity index (χ0n) is 10.5. The summed E-state index contributed by atoms with van der Waals surface area (Å²) in [6, 6.07) is 9.24. The second-order valence-electron chi connectivity index (χ2n) is 4.24. The first kappa shape index (κ1) is 15.6. The van der Waals surface area contributed by atoms with E-state index in [1.165, 1.54) is 30.3 Å². The largest absolute Gasteiger partial charge is 0.508 e. The third-order valence-electron chi connectivity index (χ3n) is 2.76. The molecular weight excluding hydrogens is 404 g/mol. The predicted octanol–water partition coefficient (Wildman–Crippen LogP) is 4.25. The zero-order chi connectivity index (χ0) is 15.6. The Morgan fingerprint density at radius 2 is 1.52 bits per heavy atom. The lowest BCUT2D eigenvalue weighted by Crippen LogP contribution is -2.00. The molecule has 0 radical (unpaired) electrons. The first-order chi connectivity index (χ1) is 9.88. The minimum absolute atomic E-state index is 0.00752. The molecule has 4 nitrogen and oxygen atoms in total. The second-order valence-corrected chi connectivity index (χ2v) is 5.95. The fourth-order valence-electron chi connectivity index (χ4n) is 1.73. The van der Waals surface area contributed by atoms with E-state index in [0.29, 0.717) is 20.1 Å². The SMILES string of the molecule is O=C(O)/C(=C/c1ccc(O)cc1)c1cc(Br)c(O)c(Br)c1. The molecular formula is C15H10Br2O4. The van der Waals surface area contributed by atoms with Crippen LogP contribution in [-0.4, -0.2) is 21.3 Å². The van der Waals surface area contributed by atoms with Crippen molar-refractivity contribution in [3.05, 3.63) is 56.5 Å². The highest BCUT2D eigenvalue weighted by atomic mass is 79.9. The van der Waals surface area contributed by atoms with Crippen LogP contribution in [-0.2, 0) is 4.79 Å². The minimum atomic E-state index is -1.09. The summed E-state index contributed by atoms with van der Waals surface area (Å²) in [5.74, 6) is -0.972. The van der Waals surface area contributed by atoms with E-state index in [0.717, 1.165) is 0 Å². The van der Waals surface area contributed by atoms with Gasteiger partial charge in [-0.05, 0) is 73.3 Å². The van der Waals surface area contributed by atoms with Crippen LogP contribution < -0.4 is 0 Å². The average Bonchev–Trinajstić information content (AvgIpc) is 2.43. The number of halogens is 2. The van der Waals surface area contributed by atoms with Gasteiger partial charge in [0.25, 0.3) is 0 Å². The molecule has 2 rings (SSSR count). The standard InChI is InChI=1S/C15H10Br2O4/c16-12-6-9(7-13(17)14(12)19)11(15(20)21)5-8-1-3-10(18)4-2-8/h1-7,18-19H,(H,20,21)/b11-5+. The Balaban J connectivity index is 2.54. The van der Waals surface area contributed by atoms with Crippen LogP contribution in [0.25, 0.3) is 11.6 Å². The van der Waals surface area contributed by atoms with E-state index in [1.807, 2.05) is 0 Å². The van der Waals surface area contributed by atoms with Crippen LogP contribution in [0.15, 0.2) is 45.3 Å². The highest BCUT2D eigenvalue weighted by Crippen LogP contribution is 2.35. The molecule has 0 bridgehead atoms. The van der Waals surface area contributed by atoms with Crippen LogP contribution >= 0.6 is 31.9 Å². The molecule has 21 heavy (non-hydrogen) atoms. The second kappa shape index (κ2) is 6.32. The van der Waals surface area contributed by atoms with Gasteiger partial charge < -0.3 is 15.3 Å². The van der Waals surface area contributed by atoms with Gasteiger partial charge in [-0.25, -0.2) is 4.79 Å². The number of benzene rings is 2. The summed E-state index contributed by atoms with van der Waals surface area (Å²) in [6.07, 6.45) is 1.49. The molecule has 0 fully saturated rings. The smallest absolute Gasteiger partial charge is 0.336 e. The summed E-state index contributed by atoms with van der Waals surface area (Å²) in [7, 11) is 0. The van der Waals surface area contributed by atoms with Crippen LogP contribution in [0.5, 0.6) is 11.5 Å². The summed E-state index contributed by atoms with van der Waals surface area (Å²) in [4.78, 5) is 11.5. The Bertz CT molecular complexity index is 698. The highest BCUT2D eigenvalue weighted by Gasteiger charge is 2.14. The Morgan fingerprint density at radius 3 is 2.00 bits per heavy atom. The Hall–Kier alpha value is -1.79. The van der Waals surface area contributed by atoms with Gasteiger partial charge in [0.15, 0.2) is 0 Å². The van der Waals surface area contributed by atoms with E-state index < -0.39 is 5.97 Å². The minimum Gasteiger partial charge on any atom is -0.508 e. The van der Waals surface area contributed by atoms with Crippen LogP contribution in [0, 0.1) is 0 Å². The lowest BCUT2D eigenvalue weighted by atomic mass is 10.0. The van der Waals surface area contributed by atoms with Gasteiger partial charge in [0.05, 0.1) is 14.5 Å². The topological polar surface area (TPSA) is 77.8 Å². The third kappa shape index (κ3) is 3.65. The van der Waals surface area contributed by atoms with E-state index in [-0.39, 0.29) is 17.1 Å². The molecule has 0 unspecified atom stereocenters. The maximum atomic E-state index is 11.5. The normalized spacial score (nSPS) is 11.4. The lowest BCUT2D eigenvalue weighted by molar-refractivity contribution is -0.130. The molecule has 0 aliphatic rings. The number of aliphatic carboxylic acids is 1. The zero-order valence-corrected chi connectivity index (χ0v) is 13.7. The Labute approximate surface area is 137 Å². The van der Waals surface area contributed by atoms with Crippen molar-refractivity contribution in [2.24, 2.45) is 0 Å². The number of aromatic hydroxyl groups is 2. The van der Waals surface area contributed by atoms with Crippen molar-refractivity contribution in [2.75, 3.05) is 0 Å². The maximum absolute atomic E-state index is 11.5. The predicted molar refractivity (Wildman–Crippen MR) is 87.1 cm³/mol. The number of rotatable bonds is 3. The fourth-order valence-corrected chi connectivity index (χ4v) is 2.91. The van der Waals surface area contributed by atoms with Crippen molar-refractivity contribution < 1.29 is 20.1 Å². The highest BCUT2D eigenvalue weighted by molar-refractivity contribution is 9.11. The fraction of sp³-hybridized carbons (Fsp3) is 0. The molecule has 0 amide bonds. The molecule has 0 spiro atoms. The molecule has 0 heterocycles. The molecule has 0 atom stereocenters. The molecule has 108 valence electrons. The first-order valence-corrected chi connectivity index (χ1v) is 7.39. The molecule has 6 heteroatoms. The molecule has 0 aliphatic carbocycles. The van der Waals surface area contributed by atoms with Crippen LogP contribution in [0.3, 0.4) is 0 Å².